The predicted molar refractivity (Wildman–Crippen MR) is 125 cm³/mol. The topological polar surface area (TPSA) is 43.7 Å². The summed E-state index contributed by atoms with van der Waals surface area (Å²) < 4.78 is 13.7. The Kier molecular flexibility index (Phi) is 6.83. The number of ether oxygens (including phenoxy) is 2. The van der Waals surface area contributed by atoms with Gasteiger partial charge in [-0.05, 0) is 69.1 Å². The van der Waals surface area contributed by atoms with Crippen LogP contribution in [-0.2, 0) is 6.54 Å². The number of carbonyl (C=O) groups is 1. The molecule has 1 fully saturated rings. The number of aryl methyl sites for hydroxylation is 1. The van der Waals surface area contributed by atoms with Gasteiger partial charge in [-0.1, -0.05) is 11.6 Å². The van der Waals surface area contributed by atoms with Gasteiger partial charge < -0.3 is 18.9 Å². The van der Waals surface area contributed by atoms with E-state index in [0.29, 0.717) is 0 Å². The number of halogens is 1. The molecule has 3 aromatic rings. The predicted octanol–water partition coefficient (Wildman–Crippen LogP) is 5.44. The highest BCUT2D eigenvalue weighted by molar-refractivity contribution is 6.30. The first-order valence-corrected chi connectivity index (χ1v) is 11.2. The molecule has 4 rings (SSSR count). The molecule has 0 atom stereocenters. The maximum absolute atomic E-state index is 12.1. The minimum atomic E-state index is 0.0941. The fourth-order valence-corrected chi connectivity index (χ4v) is 4.41. The third kappa shape index (κ3) is 5.23. The minimum Gasteiger partial charge on any atom is -0.497 e. The van der Waals surface area contributed by atoms with Gasteiger partial charge in [0.2, 0.25) is 0 Å². The van der Waals surface area contributed by atoms with Crippen molar-refractivity contribution in [1.82, 2.24) is 9.47 Å². The van der Waals surface area contributed by atoms with Crippen LogP contribution in [0.15, 0.2) is 48.7 Å². The van der Waals surface area contributed by atoms with Crippen LogP contribution in [0.4, 0.5) is 0 Å². The van der Waals surface area contributed by atoms with Crippen LogP contribution in [0.25, 0.3) is 10.9 Å². The summed E-state index contributed by atoms with van der Waals surface area (Å²) in [6, 6.07) is 13.5. The minimum absolute atomic E-state index is 0.0941. The van der Waals surface area contributed by atoms with Crippen LogP contribution >= 0.6 is 11.6 Å². The Balaban J connectivity index is 1.30. The summed E-state index contributed by atoms with van der Waals surface area (Å²) in [6.45, 7) is 5.61. The second kappa shape index (κ2) is 9.75. The summed E-state index contributed by atoms with van der Waals surface area (Å²) in [7, 11) is 1.67. The molecule has 1 aliphatic rings. The van der Waals surface area contributed by atoms with Gasteiger partial charge in [-0.3, -0.25) is 4.79 Å². The molecule has 1 aliphatic heterocycles. The van der Waals surface area contributed by atoms with E-state index in [0.717, 1.165) is 78.4 Å². The van der Waals surface area contributed by atoms with Crippen LogP contribution in [0, 0.1) is 0 Å². The summed E-state index contributed by atoms with van der Waals surface area (Å²) >= 11 is 5.94. The highest BCUT2D eigenvalue weighted by Gasteiger charge is 2.20. The number of aromatic nitrogens is 1. The van der Waals surface area contributed by atoms with Crippen molar-refractivity contribution in [2.45, 2.75) is 38.8 Å². The van der Waals surface area contributed by atoms with Gasteiger partial charge in [-0.25, -0.2) is 0 Å². The fraction of sp³-hybridized carbons (Fsp3) is 0.400. The lowest BCUT2D eigenvalue weighted by Gasteiger charge is -2.32. The molecule has 5 nitrogen and oxygen atoms in total. The first-order chi connectivity index (χ1) is 15.0. The molecule has 1 saturated heterocycles. The van der Waals surface area contributed by atoms with Gasteiger partial charge >= 0.3 is 0 Å². The Labute approximate surface area is 188 Å². The van der Waals surface area contributed by atoms with Gasteiger partial charge in [0.1, 0.15) is 17.6 Å². The third-order valence-electron chi connectivity index (χ3n) is 5.99. The Hall–Kier alpha value is -2.50. The number of nitrogens with zero attached hydrogens (tertiary/aromatic N) is 2. The van der Waals surface area contributed by atoms with E-state index in [9.17, 15) is 4.79 Å². The molecule has 0 saturated carbocycles. The standard InChI is InChI=1S/C25H29ClN2O3/c1-18(29)24-17-28(25-16-22(30-2)8-9-23(24)25)13-3-12-27-14-10-21(11-15-27)31-20-6-4-19(26)5-7-20/h4-9,16-17,21H,3,10-15H2,1-2H3. The van der Waals surface area contributed by atoms with E-state index in [1.807, 2.05) is 48.7 Å². The van der Waals surface area contributed by atoms with E-state index in [2.05, 4.69) is 9.47 Å². The van der Waals surface area contributed by atoms with Crippen molar-refractivity contribution in [2.24, 2.45) is 0 Å². The van der Waals surface area contributed by atoms with Crippen LogP contribution in [0.2, 0.25) is 5.02 Å². The number of Topliss-reactive ketones (excluding diaryl/α,β-unsaturated/α-hetero) is 1. The highest BCUT2D eigenvalue weighted by Crippen LogP contribution is 2.27. The van der Waals surface area contributed by atoms with Gasteiger partial charge in [-0.15, -0.1) is 0 Å². The first-order valence-electron chi connectivity index (χ1n) is 10.9. The van der Waals surface area contributed by atoms with Crippen molar-refractivity contribution in [3.8, 4) is 11.5 Å². The number of hydrogen-bond donors (Lipinski definition) is 0. The molecular formula is C25H29ClN2O3. The normalized spacial score (nSPS) is 15.3. The molecule has 0 spiro atoms. The number of piperidine rings is 1. The zero-order chi connectivity index (χ0) is 21.8. The van der Waals surface area contributed by atoms with Crippen LogP contribution in [0.1, 0.15) is 36.5 Å². The van der Waals surface area contributed by atoms with Crippen molar-refractivity contribution < 1.29 is 14.3 Å². The Bertz CT molecular complexity index is 1040. The van der Waals surface area contributed by atoms with Crippen molar-refractivity contribution in [2.75, 3.05) is 26.7 Å². The van der Waals surface area contributed by atoms with Crippen LogP contribution in [0.5, 0.6) is 11.5 Å². The van der Waals surface area contributed by atoms with Crippen LogP contribution < -0.4 is 9.47 Å². The summed E-state index contributed by atoms with van der Waals surface area (Å²) in [5.41, 5.74) is 1.83. The quantitative estimate of drug-likeness (QED) is 0.437. The summed E-state index contributed by atoms with van der Waals surface area (Å²) in [5, 5.41) is 1.72. The molecule has 0 N–H and O–H groups in total. The number of hydrogen-bond acceptors (Lipinski definition) is 4. The van der Waals surface area contributed by atoms with Crippen LogP contribution in [-0.4, -0.2) is 48.1 Å². The van der Waals surface area contributed by atoms with Gasteiger partial charge in [-0.2, -0.15) is 0 Å². The molecule has 0 amide bonds. The van der Waals surface area contributed by atoms with Crippen molar-refractivity contribution >= 4 is 28.3 Å². The first kappa shape index (κ1) is 21.7. The maximum atomic E-state index is 12.1. The summed E-state index contributed by atoms with van der Waals surface area (Å²) in [4.78, 5) is 14.6. The fourth-order valence-electron chi connectivity index (χ4n) is 4.29. The molecule has 0 radical (unpaired) electrons. The highest BCUT2D eigenvalue weighted by atomic mass is 35.5. The molecule has 164 valence electrons. The Morgan fingerprint density at radius 3 is 2.45 bits per heavy atom. The number of fused-ring (bicyclic) bond motifs is 1. The Morgan fingerprint density at radius 1 is 1.06 bits per heavy atom. The lowest BCUT2D eigenvalue weighted by Crippen LogP contribution is -2.38. The number of benzene rings is 2. The molecule has 31 heavy (non-hydrogen) atoms. The second-order valence-electron chi connectivity index (χ2n) is 8.14. The largest absolute Gasteiger partial charge is 0.497 e. The van der Waals surface area contributed by atoms with E-state index in [-0.39, 0.29) is 11.9 Å². The van der Waals surface area contributed by atoms with Crippen molar-refractivity contribution in [3.05, 3.63) is 59.2 Å². The van der Waals surface area contributed by atoms with E-state index in [1.54, 1.807) is 14.0 Å². The molecule has 1 aromatic heterocycles. The third-order valence-corrected chi connectivity index (χ3v) is 6.25. The number of carbonyl (C=O) groups excluding carboxylic acids is 1. The second-order valence-corrected chi connectivity index (χ2v) is 8.58. The van der Waals surface area contributed by atoms with E-state index < -0.39 is 0 Å². The summed E-state index contributed by atoms with van der Waals surface area (Å²) in [5.74, 6) is 1.79. The number of rotatable bonds is 8. The molecular weight excluding hydrogens is 412 g/mol. The van der Waals surface area contributed by atoms with Crippen molar-refractivity contribution in [3.63, 3.8) is 0 Å². The summed E-state index contributed by atoms with van der Waals surface area (Å²) in [6.07, 6.45) is 5.33. The monoisotopic (exact) mass is 440 g/mol. The van der Waals surface area contributed by atoms with E-state index in [1.165, 1.54) is 0 Å². The maximum Gasteiger partial charge on any atom is 0.161 e. The van der Waals surface area contributed by atoms with E-state index >= 15 is 0 Å². The SMILES string of the molecule is COc1ccc2c(C(C)=O)cn(CCCN3CCC(Oc4ccc(Cl)cc4)CC3)c2c1. The average molecular weight is 441 g/mol. The molecule has 0 bridgehead atoms. The molecule has 2 aromatic carbocycles. The van der Waals surface area contributed by atoms with Crippen LogP contribution in [0.3, 0.4) is 0 Å². The zero-order valence-electron chi connectivity index (χ0n) is 18.1. The molecule has 6 heteroatoms. The lowest BCUT2D eigenvalue weighted by molar-refractivity contribution is 0.0993. The molecule has 0 aliphatic carbocycles. The molecule has 2 heterocycles. The van der Waals surface area contributed by atoms with Gasteiger partial charge in [0.25, 0.3) is 0 Å². The van der Waals surface area contributed by atoms with Gasteiger partial charge in [0.15, 0.2) is 5.78 Å². The number of methoxy groups -OCH3 is 1. The number of ketones is 1. The van der Waals surface area contributed by atoms with Gasteiger partial charge in [0.05, 0.1) is 12.6 Å². The average Bonchev–Trinajstić information content (AvgIpc) is 3.14. The smallest absolute Gasteiger partial charge is 0.161 e. The lowest BCUT2D eigenvalue weighted by atomic mass is 10.1. The number of likely N-dealkylation sites (tertiary alicyclic amines) is 1. The molecule has 0 unspecified atom stereocenters. The van der Waals surface area contributed by atoms with E-state index in [4.69, 9.17) is 21.1 Å². The Morgan fingerprint density at radius 2 is 1.77 bits per heavy atom. The zero-order valence-corrected chi connectivity index (χ0v) is 18.9. The van der Waals surface area contributed by atoms with Crippen molar-refractivity contribution in [1.29, 1.82) is 0 Å². The van der Waals surface area contributed by atoms with Gasteiger partial charge in [0, 0.05) is 47.9 Å².